The second kappa shape index (κ2) is 4.31. The molecular formula is C15H11N3OS. The number of imidazole rings is 1. The van der Waals surface area contributed by atoms with E-state index in [1.807, 2.05) is 36.4 Å². The summed E-state index contributed by atoms with van der Waals surface area (Å²) < 4.78 is 7.37. The summed E-state index contributed by atoms with van der Waals surface area (Å²) in [6.07, 6.45) is 3.88. The van der Waals surface area contributed by atoms with Crippen molar-refractivity contribution in [3.63, 3.8) is 0 Å². The molecule has 4 nitrogen and oxygen atoms in total. The van der Waals surface area contributed by atoms with Gasteiger partial charge in [0.1, 0.15) is 5.75 Å². The lowest BCUT2D eigenvalue weighted by molar-refractivity contribution is 0.415. The minimum Gasteiger partial charge on any atom is -0.497 e. The molecule has 3 heterocycles. The number of hydrogen-bond donors (Lipinski definition) is 0. The van der Waals surface area contributed by atoms with Crippen LogP contribution in [0.5, 0.6) is 5.75 Å². The van der Waals surface area contributed by atoms with Crippen LogP contribution in [-0.2, 0) is 0 Å². The standard InChI is InChI=1S/C15H11N3OS/c1-19-10-5-6-11-13(8-10)18-9-14(20-15(18)17-11)12-4-2-3-7-16-12/h2-9H,1H3. The molecule has 20 heavy (non-hydrogen) atoms. The molecule has 0 aliphatic rings. The summed E-state index contributed by atoms with van der Waals surface area (Å²) in [4.78, 5) is 11.1. The Balaban J connectivity index is 1.96. The fourth-order valence-corrected chi connectivity index (χ4v) is 3.22. The second-order valence-electron chi connectivity index (χ2n) is 4.43. The summed E-state index contributed by atoms with van der Waals surface area (Å²) >= 11 is 1.64. The van der Waals surface area contributed by atoms with Crippen LogP contribution in [0.25, 0.3) is 26.6 Å². The van der Waals surface area contributed by atoms with E-state index < -0.39 is 0 Å². The van der Waals surface area contributed by atoms with Gasteiger partial charge in [0, 0.05) is 18.5 Å². The van der Waals surface area contributed by atoms with Crippen molar-refractivity contribution in [2.45, 2.75) is 0 Å². The van der Waals surface area contributed by atoms with Crippen LogP contribution in [-0.4, -0.2) is 21.5 Å². The number of rotatable bonds is 2. The molecule has 0 saturated carbocycles. The van der Waals surface area contributed by atoms with Gasteiger partial charge in [-0.25, -0.2) is 4.98 Å². The zero-order valence-electron chi connectivity index (χ0n) is 10.8. The van der Waals surface area contributed by atoms with Crippen molar-refractivity contribution in [2.75, 3.05) is 7.11 Å². The van der Waals surface area contributed by atoms with Crippen molar-refractivity contribution in [3.8, 4) is 16.3 Å². The minimum atomic E-state index is 0.838. The Bertz CT molecular complexity index is 895. The Hall–Kier alpha value is -2.40. The molecule has 0 spiro atoms. The fourth-order valence-electron chi connectivity index (χ4n) is 2.24. The number of methoxy groups -OCH3 is 1. The second-order valence-corrected chi connectivity index (χ2v) is 5.44. The molecule has 0 saturated heterocycles. The van der Waals surface area contributed by atoms with Gasteiger partial charge < -0.3 is 4.74 Å². The zero-order chi connectivity index (χ0) is 13.5. The first-order valence-electron chi connectivity index (χ1n) is 6.22. The minimum absolute atomic E-state index is 0.838. The van der Waals surface area contributed by atoms with Crippen molar-refractivity contribution >= 4 is 27.3 Å². The van der Waals surface area contributed by atoms with Gasteiger partial charge in [-0.3, -0.25) is 9.38 Å². The highest BCUT2D eigenvalue weighted by Crippen LogP contribution is 2.31. The number of fused-ring (bicyclic) bond motifs is 3. The normalized spacial score (nSPS) is 11.2. The molecule has 0 aliphatic carbocycles. The molecule has 5 heteroatoms. The van der Waals surface area contributed by atoms with E-state index in [1.54, 1.807) is 24.6 Å². The van der Waals surface area contributed by atoms with Gasteiger partial charge in [-0.2, -0.15) is 0 Å². The number of ether oxygens (including phenoxy) is 1. The topological polar surface area (TPSA) is 39.4 Å². The summed E-state index contributed by atoms with van der Waals surface area (Å²) in [5.41, 5.74) is 3.00. The first-order chi connectivity index (χ1) is 9.85. The summed E-state index contributed by atoms with van der Waals surface area (Å²) in [5.74, 6) is 0.838. The molecule has 0 amide bonds. The molecule has 0 atom stereocenters. The Morgan fingerprint density at radius 3 is 2.95 bits per heavy atom. The van der Waals surface area contributed by atoms with Crippen molar-refractivity contribution in [1.82, 2.24) is 14.4 Å². The molecule has 4 rings (SSSR count). The van der Waals surface area contributed by atoms with Gasteiger partial charge in [0.05, 0.1) is 28.7 Å². The van der Waals surface area contributed by atoms with Crippen molar-refractivity contribution in [2.24, 2.45) is 0 Å². The third-order valence-electron chi connectivity index (χ3n) is 3.23. The molecule has 1 aromatic carbocycles. The number of pyridine rings is 1. The summed E-state index contributed by atoms with van der Waals surface area (Å²) in [6.45, 7) is 0. The van der Waals surface area contributed by atoms with Crippen molar-refractivity contribution in [3.05, 3.63) is 48.8 Å². The highest BCUT2D eigenvalue weighted by Gasteiger charge is 2.11. The van der Waals surface area contributed by atoms with Crippen LogP contribution in [0.3, 0.4) is 0 Å². The molecule has 0 unspecified atom stereocenters. The largest absolute Gasteiger partial charge is 0.497 e. The molecular weight excluding hydrogens is 270 g/mol. The highest BCUT2D eigenvalue weighted by molar-refractivity contribution is 7.20. The predicted molar refractivity (Wildman–Crippen MR) is 80.4 cm³/mol. The monoisotopic (exact) mass is 281 g/mol. The molecule has 0 aliphatic heterocycles. The van der Waals surface area contributed by atoms with E-state index in [-0.39, 0.29) is 0 Å². The van der Waals surface area contributed by atoms with Crippen LogP contribution in [0.1, 0.15) is 0 Å². The molecule has 3 aromatic heterocycles. The fraction of sp³-hybridized carbons (Fsp3) is 0.0667. The Morgan fingerprint density at radius 2 is 2.15 bits per heavy atom. The van der Waals surface area contributed by atoms with Gasteiger partial charge in [-0.15, -0.1) is 0 Å². The molecule has 98 valence electrons. The maximum atomic E-state index is 5.28. The van der Waals surface area contributed by atoms with Crippen LogP contribution in [0.4, 0.5) is 0 Å². The summed E-state index contributed by atoms with van der Waals surface area (Å²) in [5, 5.41) is 0. The SMILES string of the molecule is COc1ccc2nc3sc(-c4ccccn4)cn3c2c1. The molecule has 0 fully saturated rings. The van der Waals surface area contributed by atoms with E-state index >= 15 is 0 Å². The lowest BCUT2D eigenvalue weighted by atomic mass is 10.3. The average molecular weight is 281 g/mol. The Labute approximate surface area is 119 Å². The zero-order valence-corrected chi connectivity index (χ0v) is 11.6. The number of nitrogens with zero attached hydrogens (tertiary/aromatic N) is 3. The predicted octanol–water partition coefficient (Wildman–Crippen LogP) is 3.62. The van der Waals surface area contributed by atoms with E-state index in [0.717, 1.165) is 32.3 Å². The van der Waals surface area contributed by atoms with E-state index in [1.165, 1.54) is 0 Å². The van der Waals surface area contributed by atoms with Gasteiger partial charge >= 0.3 is 0 Å². The van der Waals surface area contributed by atoms with E-state index in [2.05, 4.69) is 20.6 Å². The average Bonchev–Trinajstić information content (AvgIpc) is 3.05. The maximum absolute atomic E-state index is 5.28. The Morgan fingerprint density at radius 1 is 1.20 bits per heavy atom. The highest BCUT2D eigenvalue weighted by atomic mass is 32.1. The first-order valence-corrected chi connectivity index (χ1v) is 7.04. The van der Waals surface area contributed by atoms with Gasteiger partial charge in [0.25, 0.3) is 0 Å². The number of hydrogen-bond acceptors (Lipinski definition) is 4. The smallest absolute Gasteiger partial charge is 0.195 e. The van der Waals surface area contributed by atoms with Crippen LogP contribution >= 0.6 is 11.3 Å². The van der Waals surface area contributed by atoms with Gasteiger partial charge in [-0.05, 0) is 24.3 Å². The number of aromatic nitrogens is 3. The van der Waals surface area contributed by atoms with Crippen LogP contribution < -0.4 is 4.74 Å². The van der Waals surface area contributed by atoms with E-state index in [4.69, 9.17) is 4.74 Å². The molecule has 0 bridgehead atoms. The summed E-state index contributed by atoms with van der Waals surface area (Å²) in [6, 6.07) is 11.8. The third kappa shape index (κ3) is 1.67. The summed E-state index contributed by atoms with van der Waals surface area (Å²) in [7, 11) is 1.67. The first kappa shape index (κ1) is 11.4. The van der Waals surface area contributed by atoms with E-state index in [0.29, 0.717) is 0 Å². The number of benzene rings is 1. The van der Waals surface area contributed by atoms with Crippen LogP contribution in [0, 0.1) is 0 Å². The van der Waals surface area contributed by atoms with Gasteiger partial charge in [0.2, 0.25) is 0 Å². The third-order valence-corrected chi connectivity index (χ3v) is 4.23. The van der Waals surface area contributed by atoms with Gasteiger partial charge in [-0.1, -0.05) is 17.4 Å². The Kier molecular flexibility index (Phi) is 2.47. The van der Waals surface area contributed by atoms with Crippen LogP contribution in [0.15, 0.2) is 48.8 Å². The number of thiazole rings is 1. The van der Waals surface area contributed by atoms with Crippen molar-refractivity contribution in [1.29, 1.82) is 0 Å². The van der Waals surface area contributed by atoms with E-state index in [9.17, 15) is 0 Å². The molecule has 0 radical (unpaired) electrons. The van der Waals surface area contributed by atoms with Crippen molar-refractivity contribution < 1.29 is 4.74 Å². The lowest BCUT2D eigenvalue weighted by Gasteiger charge is -1.98. The molecule has 0 N–H and O–H groups in total. The van der Waals surface area contributed by atoms with Crippen LogP contribution in [0.2, 0.25) is 0 Å². The molecule has 4 aromatic rings. The quantitative estimate of drug-likeness (QED) is 0.563. The van der Waals surface area contributed by atoms with Gasteiger partial charge in [0.15, 0.2) is 4.96 Å². The maximum Gasteiger partial charge on any atom is 0.195 e. The lowest BCUT2D eigenvalue weighted by Crippen LogP contribution is -1.83.